The minimum Gasteiger partial charge on any atom is -0.337 e. The molecule has 0 spiro atoms. The van der Waals surface area contributed by atoms with Gasteiger partial charge in [0, 0.05) is 30.7 Å². The molecule has 0 saturated carbocycles. The van der Waals surface area contributed by atoms with Gasteiger partial charge < -0.3 is 4.90 Å². The largest absolute Gasteiger partial charge is 0.337 e. The highest BCUT2D eigenvalue weighted by molar-refractivity contribution is 7.98. The Hall–Kier alpha value is -2.63. The van der Waals surface area contributed by atoms with Crippen LogP contribution in [0.25, 0.3) is 0 Å². The summed E-state index contributed by atoms with van der Waals surface area (Å²) in [6.07, 6.45) is 6.87. The number of likely N-dealkylation sites (N-methyl/N-ethyl adjacent to an activating group) is 1. The zero-order valence-corrected chi connectivity index (χ0v) is 20.4. The number of benzene rings is 2. The number of nitrogens with zero attached hydrogens (tertiary/aromatic N) is 3. The Kier molecular flexibility index (Phi) is 8.19. The molecule has 1 aliphatic rings. The van der Waals surface area contributed by atoms with Crippen LogP contribution in [0.4, 0.5) is 0 Å². The molecule has 3 aromatic rings. The average molecular weight is 460 g/mol. The van der Waals surface area contributed by atoms with Gasteiger partial charge in [0.15, 0.2) is 0 Å². The second kappa shape index (κ2) is 11.5. The van der Waals surface area contributed by atoms with Crippen molar-refractivity contribution in [2.75, 3.05) is 26.4 Å². The first-order valence-corrected chi connectivity index (χ1v) is 12.9. The fourth-order valence-electron chi connectivity index (χ4n) is 4.78. The lowest BCUT2D eigenvalue weighted by Crippen LogP contribution is -2.47. The van der Waals surface area contributed by atoms with E-state index >= 15 is 0 Å². The molecule has 0 N–H and O–H groups in total. The number of piperidine rings is 1. The van der Waals surface area contributed by atoms with Gasteiger partial charge in [0.2, 0.25) is 0 Å². The summed E-state index contributed by atoms with van der Waals surface area (Å²) < 4.78 is 0. The molecule has 1 fully saturated rings. The van der Waals surface area contributed by atoms with Crippen molar-refractivity contribution in [2.24, 2.45) is 5.92 Å². The third-order valence-corrected chi connectivity index (χ3v) is 7.47. The number of carbonyl (C=O) groups is 1. The summed E-state index contributed by atoms with van der Waals surface area (Å²) in [7, 11) is 1.95. The molecule has 33 heavy (non-hydrogen) atoms. The molecule has 1 saturated heterocycles. The summed E-state index contributed by atoms with van der Waals surface area (Å²) in [4.78, 5) is 23.3. The van der Waals surface area contributed by atoms with Gasteiger partial charge in [0.05, 0.1) is 0 Å². The van der Waals surface area contributed by atoms with E-state index in [1.807, 2.05) is 36.2 Å². The topological polar surface area (TPSA) is 36.4 Å². The maximum Gasteiger partial charge on any atom is 0.272 e. The lowest BCUT2D eigenvalue weighted by atomic mass is 9.84. The molecule has 172 valence electrons. The normalized spacial score (nSPS) is 15.8. The fourth-order valence-corrected chi connectivity index (χ4v) is 5.19. The Morgan fingerprint density at radius 1 is 1.00 bits per heavy atom. The average Bonchev–Trinajstić information content (AvgIpc) is 2.88. The highest BCUT2D eigenvalue weighted by Gasteiger charge is 2.32. The van der Waals surface area contributed by atoms with E-state index in [-0.39, 0.29) is 11.9 Å². The Labute approximate surface area is 202 Å². The van der Waals surface area contributed by atoms with Crippen molar-refractivity contribution in [3.63, 3.8) is 0 Å². The van der Waals surface area contributed by atoms with Crippen molar-refractivity contribution in [3.05, 3.63) is 95.8 Å². The molecule has 0 bridgehead atoms. The number of carbonyl (C=O) groups excluding carboxylic acids is 1. The van der Waals surface area contributed by atoms with E-state index in [0.29, 0.717) is 11.6 Å². The Morgan fingerprint density at radius 2 is 1.70 bits per heavy atom. The van der Waals surface area contributed by atoms with E-state index in [2.05, 4.69) is 64.7 Å². The Morgan fingerprint density at radius 3 is 2.33 bits per heavy atom. The second-order valence-corrected chi connectivity index (χ2v) is 9.73. The van der Waals surface area contributed by atoms with Crippen LogP contribution in [-0.4, -0.2) is 53.1 Å². The summed E-state index contributed by atoms with van der Waals surface area (Å²) in [6.45, 7) is 3.12. The van der Waals surface area contributed by atoms with Crippen LogP contribution in [0.3, 0.4) is 0 Å². The number of hydrogen-bond acceptors (Lipinski definition) is 4. The third-order valence-electron chi connectivity index (χ3n) is 6.73. The van der Waals surface area contributed by atoms with Gasteiger partial charge in [0.1, 0.15) is 5.69 Å². The van der Waals surface area contributed by atoms with Crippen LogP contribution in [0.2, 0.25) is 0 Å². The standard InChI is InChI=1S/C28H33N3OS/c1-30(28(32)26-10-6-7-17-29-26)27(20-22-8-4-3-5-9-22)24-15-18-31(19-16-24)21-23-11-13-25(33-2)14-12-23/h3-14,17,24,27H,15-16,18-21H2,1-2H3/t27-/m1/s1. The van der Waals surface area contributed by atoms with Gasteiger partial charge in [-0.25, -0.2) is 0 Å². The highest BCUT2D eigenvalue weighted by atomic mass is 32.2. The van der Waals surface area contributed by atoms with E-state index in [1.165, 1.54) is 16.0 Å². The van der Waals surface area contributed by atoms with E-state index < -0.39 is 0 Å². The molecule has 1 atom stereocenters. The van der Waals surface area contributed by atoms with Gasteiger partial charge in [-0.15, -0.1) is 11.8 Å². The van der Waals surface area contributed by atoms with Crippen molar-refractivity contribution in [1.29, 1.82) is 0 Å². The third kappa shape index (κ3) is 6.24. The summed E-state index contributed by atoms with van der Waals surface area (Å²) in [5.74, 6) is 0.478. The van der Waals surface area contributed by atoms with Crippen molar-refractivity contribution >= 4 is 17.7 Å². The van der Waals surface area contributed by atoms with Crippen molar-refractivity contribution in [3.8, 4) is 0 Å². The van der Waals surface area contributed by atoms with E-state index in [0.717, 1.165) is 38.9 Å². The minimum atomic E-state index is 0.00726. The molecule has 2 aromatic carbocycles. The van der Waals surface area contributed by atoms with Crippen LogP contribution in [0.15, 0.2) is 83.9 Å². The van der Waals surface area contributed by atoms with Crippen LogP contribution in [0.1, 0.15) is 34.5 Å². The highest BCUT2D eigenvalue weighted by Crippen LogP contribution is 2.28. The van der Waals surface area contributed by atoms with Gasteiger partial charge in [0.25, 0.3) is 5.91 Å². The predicted octanol–water partition coefficient (Wildman–Crippen LogP) is 5.40. The van der Waals surface area contributed by atoms with Gasteiger partial charge >= 0.3 is 0 Å². The van der Waals surface area contributed by atoms with E-state index in [4.69, 9.17) is 0 Å². The number of amides is 1. The molecule has 1 aliphatic heterocycles. The minimum absolute atomic E-state index is 0.00726. The first kappa shape index (κ1) is 23.5. The molecular weight excluding hydrogens is 426 g/mol. The van der Waals surface area contributed by atoms with Crippen LogP contribution in [0, 0.1) is 5.92 Å². The smallest absolute Gasteiger partial charge is 0.272 e. The summed E-state index contributed by atoms with van der Waals surface area (Å²) in [5.41, 5.74) is 3.17. The van der Waals surface area contributed by atoms with Gasteiger partial charge in [-0.3, -0.25) is 14.7 Å². The molecule has 4 rings (SSSR count). The Balaban J connectivity index is 1.43. The number of thioether (sulfide) groups is 1. The predicted molar refractivity (Wildman–Crippen MR) is 136 cm³/mol. The molecule has 1 amide bonds. The maximum atomic E-state index is 13.2. The van der Waals surface area contributed by atoms with Crippen LogP contribution < -0.4 is 0 Å². The fraction of sp³-hybridized carbons (Fsp3) is 0.357. The lowest BCUT2D eigenvalue weighted by molar-refractivity contribution is 0.0579. The molecule has 4 nitrogen and oxygen atoms in total. The van der Waals surface area contributed by atoms with Crippen LogP contribution >= 0.6 is 11.8 Å². The Bertz CT molecular complexity index is 1000. The van der Waals surface area contributed by atoms with Crippen molar-refractivity contribution in [2.45, 2.75) is 36.7 Å². The molecule has 1 aromatic heterocycles. The lowest BCUT2D eigenvalue weighted by Gasteiger charge is -2.40. The monoisotopic (exact) mass is 459 g/mol. The zero-order chi connectivity index (χ0) is 23.0. The quantitative estimate of drug-likeness (QED) is 0.423. The molecular formula is C28H33N3OS. The molecule has 0 unspecified atom stereocenters. The second-order valence-electron chi connectivity index (χ2n) is 8.85. The molecule has 0 aliphatic carbocycles. The first-order valence-electron chi connectivity index (χ1n) is 11.7. The summed E-state index contributed by atoms with van der Waals surface area (Å²) in [6, 6.07) is 25.1. The van der Waals surface area contributed by atoms with Gasteiger partial charge in [-0.1, -0.05) is 48.5 Å². The number of rotatable bonds is 8. The molecule has 5 heteroatoms. The number of aromatic nitrogens is 1. The number of pyridine rings is 1. The van der Waals surface area contributed by atoms with Gasteiger partial charge in [-0.2, -0.15) is 0 Å². The van der Waals surface area contributed by atoms with E-state index in [9.17, 15) is 4.79 Å². The molecule has 0 radical (unpaired) electrons. The number of likely N-dealkylation sites (tertiary alicyclic amines) is 1. The SMILES string of the molecule is CSc1ccc(CN2CCC([C@@H](Cc3ccccc3)N(C)C(=O)c3ccccn3)CC2)cc1. The zero-order valence-electron chi connectivity index (χ0n) is 19.6. The van der Waals surface area contributed by atoms with Crippen molar-refractivity contribution in [1.82, 2.24) is 14.8 Å². The summed E-state index contributed by atoms with van der Waals surface area (Å²) in [5, 5.41) is 0. The van der Waals surface area contributed by atoms with E-state index in [1.54, 1.807) is 18.0 Å². The van der Waals surface area contributed by atoms with Crippen LogP contribution in [0.5, 0.6) is 0 Å². The first-order chi connectivity index (χ1) is 16.1. The maximum absolute atomic E-state index is 13.2. The molecule has 2 heterocycles. The number of hydrogen-bond donors (Lipinski definition) is 0. The summed E-state index contributed by atoms with van der Waals surface area (Å²) >= 11 is 1.78. The van der Waals surface area contributed by atoms with Crippen molar-refractivity contribution < 1.29 is 4.79 Å². The van der Waals surface area contributed by atoms with Gasteiger partial charge in [-0.05, 0) is 79.9 Å². The van der Waals surface area contributed by atoms with Crippen LogP contribution in [-0.2, 0) is 13.0 Å².